The quantitative estimate of drug-likeness (QED) is 0.589. The van der Waals surface area contributed by atoms with Crippen molar-refractivity contribution in [2.75, 3.05) is 26.4 Å². The molecule has 8 nitrogen and oxygen atoms in total. The first-order chi connectivity index (χ1) is 14.9. The minimum atomic E-state index is -4.00. The van der Waals surface area contributed by atoms with Crippen LogP contribution in [0.1, 0.15) is 34.3 Å². The second kappa shape index (κ2) is 9.21. The van der Waals surface area contributed by atoms with Crippen LogP contribution >= 0.6 is 0 Å². The van der Waals surface area contributed by atoms with E-state index in [2.05, 4.69) is 0 Å². The zero-order valence-corrected chi connectivity index (χ0v) is 20.2. The number of hydrogen-bond acceptors (Lipinski definition) is 6. The van der Waals surface area contributed by atoms with Crippen molar-refractivity contribution >= 4 is 26.0 Å². The zero-order valence-electron chi connectivity index (χ0n) is 18.6. The smallest absolute Gasteiger partial charge is 0.339 e. The summed E-state index contributed by atoms with van der Waals surface area (Å²) in [4.78, 5) is 14.6. The van der Waals surface area contributed by atoms with Gasteiger partial charge in [0.05, 0.1) is 6.26 Å². The van der Waals surface area contributed by atoms with Gasteiger partial charge in [-0.25, -0.2) is 12.7 Å². The van der Waals surface area contributed by atoms with Gasteiger partial charge < -0.3 is 9.08 Å². The fraction of sp³-hybridized carbons (Fsp3) is 0.409. The van der Waals surface area contributed by atoms with Crippen LogP contribution in [0.15, 0.2) is 47.4 Å². The van der Waals surface area contributed by atoms with Gasteiger partial charge in [-0.1, -0.05) is 12.1 Å². The molecule has 1 aliphatic heterocycles. The zero-order chi connectivity index (χ0) is 23.7. The first kappa shape index (κ1) is 24.2. The van der Waals surface area contributed by atoms with E-state index in [-0.39, 0.29) is 22.6 Å². The van der Waals surface area contributed by atoms with E-state index >= 15 is 0 Å². The maximum Gasteiger partial charge on any atom is 0.339 e. The van der Waals surface area contributed by atoms with Gasteiger partial charge in [0.1, 0.15) is 10.6 Å². The first-order valence-electron chi connectivity index (χ1n) is 10.2. The normalized spacial score (nSPS) is 15.7. The number of benzene rings is 2. The lowest BCUT2D eigenvalue weighted by atomic mass is 10.0. The van der Waals surface area contributed by atoms with Crippen LogP contribution in [0.5, 0.6) is 5.75 Å². The molecule has 1 heterocycles. The Bertz CT molecular complexity index is 1200. The predicted octanol–water partition coefficient (Wildman–Crippen LogP) is 2.57. The molecule has 10 heteroatoms. The van der Waals surface area contributed by atoms with Gasteiger partial charge in [-0.15, -0.1) is 0 Å². The van der Waals surface area contributed by atoms with Crippen molar-refractivity contribution in [3.63, 3.8) is 0 Å². The molecule has 2 aromatic carbocycles. The third-order valence-electron chi connectivity index (χ3n) is 5.71. The van der Waals surface area contributed by atoms with Crippen molar-refractivity contribution in [1.29, 1.82) is 0 Å². The monoisotopic (exact) mass is 480 g/mol. The molecular weight excluding hydrogens is 452 g/mol. The van der Waals surface area contributed by atoms with Gasteiger partial charge in [0, 0.05) is 31.7 Å². The molecule has 0 N–H and O–H groups in total. The maximum atomic E-state index is 12.8. The lowest BCUT2D eigenvalue weighted by Gasteiger charge is -2.35. The van der Waals surface area contributed by atoms with Crippen LogP contribution in [-0.4, -0.2) is 64.4 Å². The number of carbonyl (C=O) groups excluding carboxylic acids is 1. The van der Waals surface area contributed by atoms with Crippen LogP contribution in [0.4, 0.5) is 0 Å². The highest BCUT2D eigenvalue weighted by atomic mass is 32.2. The Balaban J connectivity index is 1.66. The van der Waals surface area contributed by atoms with Crippen molar-refractivity contribution < 1.29 is 25.8 Å². The van der Waals surface area contributed by atoms with Gasteiger partial charge in [-0.3, -0.25) is 4.79 Å². The summed E-state index contributed by atoms with van der Waals surface area (Å²) < 4.78 is 55.4. The van der Waals surface area contributed by atoms with Gasteiger partial charge in [0.15, 0.2) is 0 Å². The number of nitrogens with zero attached hydrogens (tertiary/aromatic N) is 2. The van der Waals surface area contributed by atoms with Gasteiger partial charge in [0.25, 0.3) is 5.91 Å². The van der Waals surface area contributed by atoms with Gasteiger partial charge >= 0.3 is 10.1 Å². The van der Waals surface area contributed by atoms with E-state index in [9.17, 15) is 21.6 Å². The Labute approximate surface area is 190 Å². The third-order valence-corrected chi connectivity index (χ3v) is 8.44. The Kier molecular flexibility index (Phi) is 6.97. The minimum Gasteiger partial charge on any atom is -0.379 e. The van der Waals surface area contributed by atoms with Crippen LogP contribution in [0, 0.1) is 13.8 Å². The van der Waals surface area contributed by atoms with E-state index in [1.54, 1.807) is 37.9 Å². The summed E-state index contributed by atoms with van der Waals surface area (Å²) in [6.07, 6.45) is 2.30. The van der Waals surface area contributed by atoms with Crippen molar-refractivity contribution in [3.8, 4) is 5.75 Å². The highest BCUT2D eigenvalue weighted by molar-refractivity contribution is 7.88. The molecule has 0 aliphatic carbocycles. The van der Waals surface area contributed by atoms with Gasteiger partial charge in [-0.05, 0) is 68.1 Å². The second-order valence-electron chi connectivity index (χ2n) is 8.13. The summed E-state index contributed by atoms with van der Waals surface area (Å²) in [6, 6.07) is 11.0. The minimum absolute atomic E-state index is 0.111. The molecule has 1 saturated heterocycles. The molecule has 0 unspecified atom stereocenters. The number of piperidine rings is 1. The Morgan fingerprint density at radius 1 is 1.00 bits per heavy atom. The molecule has 3 rings (SSSR count). The molecule has 0 aromatic heterocycles. The highest BCUT2D eigenvalue weighted by Gasteiger charge is 2.29. The van der Waals surface area contributed by atoms with Crippen molar-refractivity contribution in [2.45, 2.75) is 37.6 Å². The number of aryl methyl sites for hydroxylation is 2. The molecule has 174 valence electrons. The van der Waals surface area contributed by atoms with Crippen LogP contribution in [0.2, 0.25) is 0 Å². The Morgan fingerprint density at radius 2 is 1.59 bits per heavy atom. The van der Waals surface area contributed by atoms with Crippen molar-refractivity contribution in [1.82, 2.24) is 9.21 Å². The molecule has 0 bridgehead atoms. The van der Waals surface area contributed by atoms with E-state index in [0.717, 1.165) is 5.56 Å². The summed E-state index contributed by atoms with van der Waals surface area (Å²) in [5, 5.41) is 0. The predicted molar refractivity (Wildman–Crippen MR) is 122 cm³/mol. The molecule has 0 spiro atoms. The number of likely N-dealkylation sites (tertiary alicyclic amines) is 1. The molecule has 0 atom stereocenters. The highest BCUT2D eigenvalue weighted by Crippen LogP contribution is 2.24. The lowest BCUT2D eigenvalue weighted by Crippen LogP contribution is -2.47. The summed E-state index contributed by atoms with van der Waals surface area (Å²) in [5.41, 5.74) is 1.81. The van der Waals surface area contributed by atoms with E-state index in [1.165, 1.54) is 34.8 Å². The summed E-state index contributed by atoms with van der Waals surface area (Å²) in [6.45, 7) is 4.40. The summed E-state index contributed by atoms with van der Waals surface area (Å²) >= 11 is 0. The summed E-state index contributed by atoms with van der Waals surface area (Å²) in [5.74, 6) is -0.0645. The van der Waals surface area contributed by atoms with Crippen LogP contribution in [0.25, 0.3) is 0 Å². The summed E-state index contributed by atoms with van der Waals surface area (Å²) in [7, 11) is -5.71. The average molecular weight is 481 g/mol. The van der Waals surface area contributed by atoms with E-state index < -0.39 is 20.1 Å². The van der Waals surface area contributed by atoms with E-state index in [4.69, 9.17) is 4.18 Å². The van der Waals surface area contributed by atoms with E-state index in [1.807, 2.05) is 6.07 Å². The maximum absolute atomic E-state index is 12.8. The molecule has 1 aliphatic rings. The van der Waals surface area contributed by atoms with Crippen LogP contribution in [-0.2, 0) is 20.1 Å². The van der Waals surface area contributed by atoms with Crippen LogP contribution in [0.3, 0.4) is 0 Å². The lowest BCUT2D eigenvalue weighted by molar-refractivity contribution is 0.0686. The topological polar surface area (TPSA) is 101 Å². The molecular formula is C22H28N2O6S2. The molecule has 1 amide bonds. The SMILES string of the molecule is Cc1ccc(C)c(S(=O)(=O)Oc2ccc(C(=O)N3CCC(N(C)S(C)(=O)=O)CC3)cc2)c1. The number of amides is 1. The fourth-order valence-electron chi connectivity index (χ4n) is 3.69. The molecule has 2 aromatic rings. The molecule has 0 saturated carbocycles. The van der Waals surface area contributed by atoms with E-state index in [0.29, 0.717) is 37.1 Å². The molecule has 32 heavy (non-hydrogen) atoms. The van der Waals surface area contributed by atoms with Crippen LogP contribution < -0.4 is 4.18 Å². The molecule has 0 radical (unpaired) electrons. The van der Waals surface area contributed by atoms with Crippen molar-refractivity contribution in [3.05, 3.63) is 59.2 Å². The Morgan fingerprint density at radius 3 is 2.16 bits per heavy atom. The number of hydrogen-bond donors (Lipinski definition) is 0. The molecule has 1 fully saturated rings. The van der Waals surface area contributed by atoms with Gasteiger partial charge in [0.2, 0.25) is 10.0 Å². The number of carbonyl (C=O) groups is 1. The van der Waals surface area contributed by atoms with Gasteiger partial charge in [-0.2, -0.15) is 8.42 Å². The fourth-order valence-corrected chi connectivity index (χ4v) is 5.69. The largest absolute Gasteiger partial charge is 0.379 e. The van der Waals surface area contributed by atoms with Crippen molar-refractivity contribution in [2.24, 2.45) is 0 Å². The standard InChI is InChI=1S/C22H28N2O6S2/c1-16-5-6-17(2)21(15-16)32(28,29)30-20-9-7-18(8-10-20)22(25)24-13-11-19(12-14-24)23(3)31(4,26)27/h5-10,15,19H,11-14H2,1-4H3. The third kappa shape index (κ3) is 5.48. The average Bonchev–Trinajstić information content (AvgIpc) is 2.74. The second-order valence-corrected chi connectivity index (χ2v) is 11.7. The number of rotatable bonds is 6. The Hall–Kier alpha value is -2.43. The first-order valence-corrected chi connectivity index (χ1v) is 13.5. The number of sulfonamides is 1.